The van der Waals surface area contributed by atoms with Crippen molar-refractivity contribution in [2.45, 2.75) is 102 Å². The van der Waals surface area contributed by atoms with E-state index >= 15 is 0 Å². The molecule has 44 heavy (non-hydrogen) atoms. The lowest BCUT2D eigenvalue weighted by molar-refractivity contribution is -0.142. The summed E-state index contributed by atoms with van der Waals surface area (Å²) in [4.78, 5) is 50.3. The summed E-state index contributed by atoms with van der Waals surface area (Å²) in [5.41, 5.74) is 10.6. The molecule has 0 radical (unpaired) electrons. The fraction of sp³-hybridized carbons (Fsp3) is 0.500. The first-order valence-corrected chi connectivity index (χ1v) is 16.2. The zero-order valence-corrected chi connectivity index (χ0v) is 25.9. The van der Waals surface area contributed by atoms with Crippen molar-refractivity contribution in [3.8, 4) is 0 Å². The van der Waals surface area contributed by atoms with Crippen molar-refractivity contribution in [1.82, 2.24) is 10.6 Å². The second-order valence-corrected chi connectivity index (χ2v) is 12.3. The first-order valence-electron chi connectivity index (χ1n) is 16.2. The molecule has 8 nitrogen and oxygen atoms in total. The standard InChI is InChI=1S/C36H47N3O5/c1-2-31(37)38-21-9-16-29(40)15-8-10-24-17-19-25(20-18-24)22-30(36(43)44)39-35(42)28-14-7-6-13-27(23-28)33-32(34(33)41)26-11-4-3-5-12-26/h3-5,11-12,17-20,28,30-32,38H,2,6-10,13-16,21-23,37H2,1H3,(H,39,42)(H,43,44). The van der Waals surface area contributed by atoms with E-state index in [4.69, 9.17) is 5.73 Å². The maximum absolute atomic E-state index is 13.3. The summed E-state index contributed by atoms with van der Waals surface area (Å²) < 4.78 is 0. The van der Waals surface area contributed by atoms with Crippen LogP contribution in [0.15, 0.2) is 65.7 Å². The van der Waals surface area contributed by atoms with Gasteiger partial charge in [0.25, 0.3) is 0 Å². The summed E-state index contributed by atoms with van der Waals surface area (Å²) in [6.07, 6.45) is 8.23. The molecular weight excluding hydrogens is 554 g/mol. The fourth-order valence-corrected chi connectivity index (χ4v) is 6.14. The number of allylic oxidation sites excluding steroid dienone is 2. The van der Waals surface area contributed by atoms with E-state index in [0.29, 0.717) is 25.7 Å². The van der Waals surface area contributed by atoms with Gasteiger partial charge in [-0.2, -0.15) is 0 Å². The average molecular weight is 602 g/mol. The van der Waals surface area contributed by atoms with Crippen LogP contribution in [-0.2, 0) is 32.0 Å². The predicted molar refractivity (Wildman–Crippen MR) is 171 cm³/mol. The molecule has 0 bridgehead atoms. The van der Waals surface area contributed by atoms with Crippen molar-refractivity contribution < 1.29 is 24.3 Å². The highest BCUT2D eigenvalue weighted by molar-refractivity contribution is 6.21. The van der Waals surface area contributed by atoms with Crippen LogP contribution in [0.4, 0.5) is 0 Å². The van der Waals surface area contributed by atoms with E-state index < -0.39 is 12.0 Å². The first kappa shape index (κ1) is 33.3. The fourth-order valence-electron chi connectivity index (χ4n) is 6.14. The zero-order valence-electron chi connectivity index (χ0n) is 25.9. The SMILES string of the molecule is CCC(N)NCCCC(=O)CCCc1ccc(CC(NC(=O)C2CCCCC(=C3C(=O)C3c3ccccc3)C2)C(=O)O)cc1. The number of rotatable bonds is 16. The van der Waals surface area contributed by atoms with Crippen LogP contribution >= 0.6 is 0 Å². The molecule has 0 aromatic heterocycles. The van der Waals surface area contributed by atoms with Crippen LogP contribution < -0.4 is 16.4 Å². The van der Waals surface area contributed by atoms with Gasteiger partial charge in [0, 0.05) is 30.8 Å². The number of carbonyl (C=O) groups excluding carboxylic acids is 3. The van der Waals surface area contributed by atoms with E-state index in [-0.39, 0.29) is 41.9 Å². The molecule has 0 heterocycles. The lowest BCUT2D eigenvalue weighted by atomic mass is 9.94. The molecule has 0 spiro atoms. The molecule has 4 unspecified atom stereocenters. The van der Waals surface area contributed by atoms with E-state index in [1.165, 1.54) is 0 Å². The van der Waals surface area contributed by atoms with Gasteiger partial charge >= 0.3 is 5.97 Å². The highest BCUT2D eigenvalue weighted by Crippen LogP contribution is 2.47. The van der Waals surface area contributed by atoms with Gasteiger partial charge in [-0.25, -0.2) is 4.79 Å². The largest absolute Gasteiger partial charge is 0.480 e. The number of amides is 1. The number of hydrogen-bond acceptors (Lipinski definition) is 6. The van der Waals surface area contributed by atoms with Crippen LogP contribution in [0, 0.1) is 5.92 Å². The minimum atomic E-state index is -1.07. The second-order valence-electron chi connectivity index (χ2n) is 12.3. The van der Waals surface area contributed by atoms with E-state index in [2.05, 4.69) is 10.6 Å². The third-order valence-corrected chi connectivity index (χ3v) is 8.87. The summed E-state index contributed by atoms with van der Waals surface area (Å²) in [5.74, 6) is -1.46. The molecule has 2 aromatic carbocycles. The second kappa shape index (κ2) is 16.5. The number of benzene rings is 2. The monoisotopic (exact) mass is 601 g/mol. The summed E-state index contributed by atoms with van der Waals surface area (Å²) in [6, 6.07) is 16.4. The Morgan fingerprint density at radius 3 is 2.39 bits per heavy atom. The van der Waals surface area contributed by atoms with Crippen LogP contribution in [-0.4, -0.2) is 47.3 Å². The highest BCUT2D eigenvalue weighted by atomic mass is 16.4. The number of Topliss-reactive ketones (excluding diaryl/α,β-unsaturated/α-hetero) is 2. The number of aliphatic carboxylic acids is 1. The molecule has 1 amide bonds. The van der Waals surface area contributed by atoms with Gasteiger partial charge in [0.05, 0.1) is 12.1 Å². The van der Waals surface area contributed by atoms with Crippen LogP contribution in [0.2, 0.25) is 0 Å². The van der Waals surface area contributed by atoms with Gasteiger partial charge in [0.1, 0.15) is 11.8 Å². The van der Waals surface area contributed by atoms with Crippen molar-refractivity contribution in [3.05, 3.63) is 82.4 Å². The molecule has 236 valence electrons. The van der Waals surface area contributed by atoms with E-state index in [1.54, 1.807) is 0 Å². The molecule has 8 heteroatoms. The van der Waals surface area contributed by atoms with Gasteiger partial charge in [-0.15, -0.1) is 0 Å². The van der Waals surface area contributed by atoms with Gasteiger partial charge in [0.15, 0.2) is 5.78 Å². The number of nitrogens with one attached hydrogen (secondary N) is 2. The van der Waals surface area contributed by atoms with Crippen molar-refractivity contribution in [1.29, 1.82) is 0 Å². The smallest absolute Gasteiger partial charge is 0.326 e. The zero-order chi connectivity index (χ0) is 31.5. The van der Waals surface area contributed by atoms with Gasteiger partial charge in [0.2, 0.25) is 5.91 Å². The Hall–Kier alpha value is -3.62. The molecule has 0 saturated heterocycles. The summed E-state index contributed by atoms with van der Waals surface area (Å²) in [7, 11) is 0. The van der Waals surface area contributed by atoms with Crippen LogP contribution in [0.5, 0.6) is 0 Å². The molecule has 4 atom stereocenters. The Kier molecular flexibility index (Phi) is 12.4. The highest BCUT2D eigenvalue weighted by Gasteiger charge is 2.46. The average Bonchev–Trinajstić information content (AvgIpc) is 3.76. The number of hydrogen-bond donors (Lipinski definition) is 4. The maximum atomic E-state index is 13.3. The van der Waals surface area contributed by atoms with Gasteiger partial charge in [-0.1, -0.05) is 73.5 Å². The number of nitrogens with two attached hydrogens (primary N) is 1. The van der Waals surface area contributed by atoms with Crippen molar-refractivity contribution in [2.75, 3.05) is 6.54 Å². The van der Waals surface area contributed by atoms with Crippen molar-refractivity contribution in [3.63, 3.8) is 0 Å². The van der Waals surface area contributed by atoms with Crippen LogP contribution in [0.3, 0.4) is 0 Å². The molecule has 0 aliphatic heterocycles. The van der Waals surface area contributed by atoms with Gasteiger partial charge < -0.3 is 21.5 Å². The Morgan fingerprint density at radius 2 is 1.68 bits per heavy atom. The number of carboxylic acid groups (broad SMARTS) is 1. The lowest BCUT2D eigenvalue weighted by Gasteiger charge is -2.20. The number of aryl methyl sites for hydroxylation is 1. The summed E-state index contributed by atoms with van der Waals surface area (Å²) >= 11 is 0. The lowest BCUT2D eigenvalue weighted by Crippen LogP contribution is -2.45. The molecule has 5 N–H and O–H groups in total. The molecule has 2 saturated carbocycles. The Bertz CT molecular complexity index is 1320. The summed E-state index contributed by atoms with van der Waals surface area (Å²) in [6.45, 7) is 2.77. The maximum Gasteiger partial charge on any atom is 0.326 e. The minimum absolute atomic E-state index is 0.0172. The van der Waals surface area contributed by atoms with Gasteiger partial charge in [-0.3, -0.25) is 14.4 Å². The predicted octanol–water partition coefficient (Wildman–Crippen LogP) is 5.00. The molecule has 2 aliphatic rings. The summed E-state index contributed by atoms with van der Waals surface area (Å²) in [5, 5.41) is 15.9. The normalized spacial score (nSPS) is 21.3. The quantitative estimate of drug-likeness (QED) is 0.0919. The third-order valence-electron chi connectivity index (χ3n) is 8.87. The third kappa shape index (κ3) is 9.69. The molecule has 2 aliphatic carbocycles. The van der Waals surface area contributed by atoms with Crippen molar-refractivity contribution >= 4 is 23.4 Å². The molecule has 4 rings (SSSR count). The number of ketones is 2. The number of carbonyl (C=O) groups is 4. The van der Waals surface area contributed by atoms with E-state index in [9.17, 15) is 24.3 Å². The van der Waals surface area contributed by atoms with Crippen molar-refractivity contribution in [2.24, 2.45) is 11.7 Å². The molecule has 2 aromatic rings. The molecule has 2 fully saturated rings. The van der Waals surface area contributed by atoms with E-state index in [1.807, 2.05) is 61.5 Å². The van der Waals surface area contributed by atoms with Crippen LogP contribution in [0.25, 0.3) is 0 Å². The Morgan fingerprint density at radius 1 is 0.977 bits per heavy atom. The topological polar surface area (TPSA) is 139 Å². The first-order chi connectivity index (χ1) is 21.3. The number of carboxylic acids is 1. The molecular formula is C36H47N3O5. The minimum Gasteiger partial charge on any atom is -0.480 e. The van der Waals surface area contributed by atoms with Gasteiger partial charge in [-0.05, 0) is 74.6 Å². The van der Waals surface area contributed by atoms with Crippen LogP contribution in [0.1, 0.15) is 93.7 Å². The Labute approximate surface area is 260 Å². The Balaban J connectivity index is 1.25. The van der Waals surface area contributed by atoms with E-state index in [0.717, 1.165) is 79.3 Å².